The number of fused-ring (bicyclic) bond motifs is 1. The maximum atomic E-state index is 12.3. The Bertz CT molecular complexity index is 765. The number of benzene rings is 1. The number of hydrazine groups is 2. The fraction of sp³-hybridized carbons (Fsp3) is 0.421. The van der Waals surface area contributed by atoms with Gasteiger partial charge in [-0.15, -0.1) is 5.53 Å². The number of hydrogen-bond donors (Lipinski definition) is 3. The lowest BCUT2D eigenvalue weighted by molar-refractivity contribution is 0.567. The molecule has 3 N–H and O–H groups in total. The number of aryl methyl sites for hydroxylation is 1. The molecule has 0 saturated carbocycles. The highest BCUT2D eigenvalue weighted by Gasteiger charge is 2.26. The lowest BCUT2D eigenvalue weighted by Crippen LogP contribution is -2.36. The molecule has 2 heterocycles. The summed E-state index contributed by atoms with van der Waals surface area (Å²) < 4.78 is 0. The molecule has 24 heavy (non-hydrogen) atoms. The van der Waals surface area contributed by atoms with Gasteiger partial charge in [-0.1, -0.05) is 58.9 Å². The Hall–Kier alpha value is -2.27. The zero-order chi connectivity index (χ0) is 17.9. The van der Waals surface area contributed by atoms with Crippen LogP contribution < -0.4 is 21.4 Å². The average Bonchev–Trinajstić information content (AvgIpc) is 2.94. The second-order valence-electron chi connectivity index (χ2n) is 6.77. The molecule has 1 aliphatic rings. The highest BCUT2D eigenvalue weighted by Crippen LogP contribution is 2.29. The summed E-state index contributed by atoms with van der Waals surface area (Å²) in [7, 11) is 0. The van der Waals surface area contributed by atoms with Crippen LogP contribution in [0.25, 0.3) is 0 Å². The standard InChI is InChI=1S/C17H22N4O.C2H6.H2/c1-11-7-5-6-8-12(11)10-21-16-15(19-20-21)13(22)9-14(18-16)17(2,3)4;1-2;/h5-9,19-20H,10H2,1-4H3,(H,18,22);1-2H3;1H. The van der Waals surface area contributed by atoms with Crippen molar-refractivity contribution in [1.82, 2.24) is 10.5 Å². The fourth-order valence-electron chi connectivity index (χ4n) is 2.53. The summed E-state index contributed by atoms with van der Waals surface area (Å²) >= 11 is 0. The third-order valence-corrected chi connectivity index (χ3v) is 4.00. The minimum atomic E-state index is -0.106. The van der Waals surface area contributed by atoms with E-state index in [9.17, 15) is 4.79 Å². The summed E-state index contributed by atoms with van der Waals surface area (Å²) in [5, 5.41) is 1.94. The summed E-state index contributed by atoms with van der Waals surface area (Å²) in [6.45, 7) is 13.0. The molecular weight excluding hydrogens is 300 g/mol. The SMILES string of the molecule is CC.Cc1ccccc1CN1NNc2c1[nH]c(C(C)(C)C)cc2=O.[HH]. The van der Waals surface area contributed by atoms with Crippen LogP contribution in [0.3, 0.4) is 0 Å². The summed E-state index contributed by atoms with van der Waals surface area (Å²) in [5.74, 6) is 0.792. The lowest BCUT2D eigenvalue weighted by Gasteiger charge is -2.22. The highest BCUT2D eigenvalue weighted by atomic mass is 16.1. The van der Waals surface area contributed by atoms with Crippen LogP contribution in [0, 0.1) is 6.92 Å². The molecule has 0 fully saturated rings. The molecule has 132 valence electrons. The predicted octanol–water partition coefficient (Wildman–Crippen LogP) is 4.10. The van der Waals surface area contributed by atoms with Crippen molar-refractivity contribution in [2.45, 2.75) is 53.5 Å². The summed E-state index contributed by atoms with van der Waals surface area (Å²) in [6.07, 6.45) is 0. The fourth-order valence-corrected chi connectivity index (χ4v) is 2.53. The van der Waals surface area contributed by atoms with Crippen molar-refractivity contribution < 1.29 is 1.43 Å². The van der Waals surface area contributed by atoms with E-state index in [0.717, 1.165) is 11.5 Å². The number of aromatic nitrogens is 1. The maximum Gasteiger partial charge on any atom is 0.208 e. The van der Waals surface area contributed by atoms with Gasteiger partial charge in [-0.25, -0.2) is 0 Å². The molecule has 0 aliphatic carbocycles. The molecule has 0 amide bonds. The van der Waals surface area contributed by atoms with E-state index in [-0.39, 0.29) is 12.3 Å². The Balaban J connectivity index is 0.00000101. The van der Waals surface area contributed by atoms with Gasteiger partial charge in [-0.05, 0) is 18.1 Å². The molecule has 1 aromatic heterocycles. The van der Waals surface area contributed by atoms with Gasteiger partial charge in [0.25, 0.3) is 0 Å². The predicted molar refractivity (Wildman–Crippen MR) is 103 cm³/mol. The Morgan fingerprint density at radius 1 is 1.17 bits per heavy atom. The second kappa shape index (κ2) is 7.09. The number of rotatable bonds is 2. The van der Waals surface area contributed by atoms with E-state index >= 15 is 0 Å². The van der Waals surface area contributed by atoms with E-state index in [1.54, 1.807) is 6.07 Å². The van der Waals surface area contributed by atoms with Crippen LogP contribution in [-0.4, -0.2) is 4.98 Å². The zero-order valence-electron chi connectivity index (χ0n) is 15.4. The van der Waals surface area contributed by atoms with Gasteiger partial charge < -0.3 is 4.98 Å². The van der Waals surface area contributed by atoms with Crippen LogP contribution in [0.5, 0.6) is 0 Å². The lowest BCUT2D eigenvalue weighted by atomic mass is 9.91. The Labute approximate surface area is 145 Å². The summed E-state index contributed by atoms with van der Waals surface area (Å²) in [4.78, 5) is 15.7. The van der Waals surface area contributed by atoms with Crippen LogP contribution >= 0.6 is 0 Å². The third-order valence-electron chi connectivity index (χ3n) is 4.00. The summed E-state index contributed by atoms with van der Waals surface area (Å²) in [6, 6.07) is 9.92. The minimum absolute atomic E-state index is 0. The Morgan fingerprint density at radius 2 is 1.83 bits per heavy atom. The van der Waals surface area contributed by atoms with Gasteiger partial charge in [0.05, 0.1) is 6.54 Å². The van der Waals surface area contributed by atoms with Crippen molar-refractivity contribution >= 4 is 11.5 Å². The van der Waals surface area contributed by atoms with Gasteiger partial charge in [0.1, 0.15) is 5.69 Å². The van der Waals surface area contributed by atoms with Gasteiger partial charge in [0.2, 0.25) is 5.43 Å². The van der Waals surface area contributed by atoms with E-state index in [0.29, 0.717) is 12.2 Å². The molecule has 2 aromatic rings. The smallest absolute Gasteiger partial charge is 0.208 e. The molecule has 0 radical (unpaired) electrons. The zero-order valence-corrected chi connectivity index (χ0v) is 15.4. The first-order chi connectivity index (χ1) is 11.4. The molecular formula is C19H30N4O. The Kier molecular flexibility index (Phi) is 5.34. The topological polar surface area (TPSA) is 60.2 Å². The number of H-pyrrole nitrogens is 1. The van der Waals surface area contributed by atoms with Crippen molar-refractivity contribution in [2.24, 2.45) is 0 Å². The molecule has 0 atom stereocenters. The molecule has 0 unspecified atom stereocenters. The first-order valence-corrected chi connectivity index (χ1v) is 8.48. The molecule has 5 heteroatoms. The third kappa shape index (κ3) is 3.62. The molecule has 0 bridgehead atoms. The van der Waals surface area contributed by atoms with Crippen LogP contribution in [0.2, 0.25) is 0 Å². The van der Waals surface area contributed by atoms with Crippen LogP contribution in [0.1, 0.15) is 52.9 Å². The molecule has 1 aliphatic heterocycles. The van der Waals surface area contributed by atoms with Gasteiger partial charge in [-0.3, -0.25) is 15.2 Å². The van der Waals surface area contributed by atoms with E-state index < -0.39 is 0 Å². The molecule has 0 saturated heterocycles. The molecule has 3 rings (SSSR count). The quantitative estimate of drug-likeness (QED) is 0.776. The van der Waals surface area contributed by atoms with Crippen molar-refractivity contribution in [3.05, 3.63) is 57.4 Å². The Morgan fingerprint density at radius 3 is 2.46 bits per heavy atom. The van der Waals surface area contributed by atoms with Crippen LogP contribution in [0.15, 0.2) is 35.1 Å². The van der Waals surface area contributed by atoms with E-state index in [4.69, 9.17) is 0 Å². The van der Waals surface area contributed by atoms with E-state index in [1.165, 1.54) is 11.1 Å². The normalized spacial score (nSPS) is 13.0. The summed E-state index contributed by atoms with van der Waals surface area (Å²) in [5.41, 5.74) is 9.87. The first kappa shape index (κ1) is 18.1. The van der Waals surface area contributed by atoms with Crippen molar-refractivity contribution in [1.29, 1.82) is 0 Å². The maximum absolute atomic E-state index is 12.3. The molecule has 5 nitrogen and oxygen atoms in total. The van der Waals surface area contributed by atoms with Crippen LogP contribution in [0.4, 0.5) is 11.5 Å². The van der Waals surface area contributed by atoms with Gasteiger partial charge >= 0.3 is 0 Å². The number of aromatic amines is 1. The van der Waals surface area contributed by atoms with Gasteiger partial charge in [-0.2, -0.15) is 0 Å². The van der Waals surface area contributed by atoms with Crippen molar-refractivity contribution in [2.75, 3.05) is 10.4 Å². The molecule has 0 spiro atoms. The number of hydrogen-bond acceptors (Lipinski definition) is 4. The number of nitrogens with one attached hydrogen (secondary N) is 3. The van der Waals surface area contributed by atoms with E-state index in [2.05, 4.69) is 55.8 Å². The second-order valence-corrected chi connectivity index (χ2v) is 6.77. The average molecular weight is 330 g/mol. The first-order valence-electron chi connectivity index (χ1n) is 8.48. The molecule has 1 aromatic carbocycles. The largest absolute Gasteiger partial charge is 0.342 e. The van der Waals surface area contributed by atoms with Crippen molar-refractivity contribution in [3.63, 3.8) is 0 Å². The number of anilines is 2. The number of nitrogens with zero attached hydrogens (tertiary/aromatic N) is 1. The van der Waals surface area contributed by atoms with Gasteiger partial charge in [0, 0.05) is 18.6 Å². The van der Waals surface area contributed by atoms with Gasteiger partial charge in [0.15, 0.2) is 5.82 Å². The number of pyridine rings is 1. The minimum Gasteiger partial charge on any atom is -0.342 e. The monoisotopic (exact) mass is 330 g/mol. The highest BCUT2D eigenvalue weighted by molar-refractivity contribution is 5.69. The van der Waals surface area contributed by atoms with Crippen LogP contribution in [-0.2, 0) is 12.0 Å². The van der Waals surface area contributed by atoms with E-state index in [1.807, 2.05) is 31.0 Å². The van der Waals surface area contributed by atoms with Crippen molar-refractivity contribution in [3.8, 4) is 0 Å².